The van der Waals surface area contributed by atoms with Crippen LogP contribution in [0.25, 0.3) is 5.69 Å². The summed E-state index contributed by atoms with van der Waals surface area (Å²) in [6.07, 6.45) is 3.44. The van der Waals surface area contributed by atoms with E-state index in [-0.39, 0.29) is 5.75 Å². The predicted octanol–water partition coefficient (Wildman–Crippen LogP) is 1.80. The molecule has 3 N–H and O–H groups in total. The predicted molar refractivity (Wildman–Crippen MR) is 60.8 cm³/mol. The van der Waals surface area contributed by atoms with Crippen molar-refractivity contribution in [3.05, 3.63) is 40.6 Å². The zero-order chi connectivity index (χ0) is 10.8. The van der Waals surface area contributed by atoms with Crippen molar-refractivity contribution in [2.75, 3.05) is 0 Å². The second-order valence-electron chi connectivity index (χ2n) is 3.13. The fourth-order valence-corrected chi connectivity index (χ4v) is 1.61. The molecule has 1 aromatic carbocycles. The van der Waals surface area contributed by atoms with Crippen molar-refractivity contribution in [2.24, 2.45) is 5.73 Å². The third kappa shape index (κ3) is 2.03. The van der Waals surface area contributed by atoms with Gasteiger partial charge in [0.1, 0.15) is 11.4 Å². The minimum atomic E-state index is 0.175. The Morgan fingerprint density at radius 1 is 1.47 bits per heavy atom. The highest BCUT2D eigenvalue weighted by Crippen LogP contribution is 2.23. The molecule has 0 saturated carbocycles. The Kier molecular flexibility index (Phi) is 2.75. The molecule has 0 saturated heterocycles. The maximum atomic E-state index is 9.75. The first-order chi connectivity index (χ1) is 7.20. The first kappa shape index (κ1) is 10.2. The largest absolute Gasteiger partial charge is 0.506 e. The summed E-state index contributed by atoms with van der Waals surface area (Å²) in [4.78, 5) is 0. The van der Waals surface area contributed by atoms with Gasteiger partial charge in [-0.1, -0.05) is 6.07 Å². The third-order valence-corrected chi connectivity index (χ3v) is 2.48. The van der Waals surface area contributed by atoms with Crippen LogP contribution >= 0.6 is 15.9 Å². The molecule has 2 aromatic rings. The SMILES string of the molecule is NCc1ccc(-n2cc(Br)cn2)c(O)c1. The number of benzene rings is 1. The molecule has 15 heavy (non-hydrogen) atoms. The second kappa shape index (κ2) is 4.04. The zero-order valence-corrected chi connectivity index (χ0v) is 9.48. The molecule has 0 amide bonds. The van der Waals surface area contributed by atoms with Gasteiger partial charge in [-0.05, 0) is 33.6 Å². The number of aromatic nitrogens is 2. The number of halogens is 1. The highest BCUT2D eigenvalue weighted by molar-refractivity contribution is 9.10. The van der Waals surface area contributed by atoms with Gasteiger partial charge in [0.15, 0.2) is 0 Å². The fourth-order valence-electron chi connectivity index (χ4n) is 1.32. The molecule has 0 radical (unpaired) electrons. The molecule has 4 nitrogen and oxygen atoms in total. The van der Waals surface area contributed by atoms with Gasteiger partial charge < -0.3 is 10.8 Å². The van der Waals surface area contributed by atoms with Crippen LogP contribution in [-0.4, -0.2) is 14.9 Å². The minimum Gasteiger partial charge on any atom is -0.506 e. The molecular weight excluding hydrogens is 258 g/mol. The Morgan fingerprint density at radius 3 is 2.80 bits per heavy atom. The quantitative estimate of drug-likeness (QED) is 0.872. The van der Waals surface area contributed by atoms with Crippen LogP contribution < -0.4 is 5.73 Å². The summed E-state index contributed by atoms with van der Waals surface area (Å²) in [6.45, 7) is 0.413. The van der Waals surface area contributed by atoms with Crippen LogP contribution in [0.1, 0.15) is 5.56 Å². The van der Waals surface area contributed by atoms with Crippen LogP contribution in [-0.2, 0) is 6.54 Å². The lowest BCUT2D eigenvalue weighted by Gasteiger charge is -2.05. The van der Waals surface area contributed by atoms with Crippen molar-refractivity contribution < 1.29 is 5.11 Å². The van der Waals surface area contributed by atoms with E-state index in [9.17, 15) is 5.11 Å². The smallest absolute Gasteiger partial charge is 0.141 e. The number of phenols is 1. The molecule has 0 aliphatic rings. The number of aromatic hydroxyl groups is 1. The van der Waals surface area contributed by atoms with Crippen LogP contribution in [0.15, 0.2) is 35.1 Å². The second-order valence-corrected chi connectivity index (χ2v) is 4.05. The van der Waals surface area contributed by atoms with Crippen LogP contribution in [0, 0.1) is 0 Å². The molecule has 0 fully saturated rings. The van der Waals surface area contributed by atoms with Gasteiger partial charge in [0.2, 0.25) is 0 Å². The van der Waals surface area contributed by atoms with Gasteiger partial charge in [0.05, 0.1) is 10.7 Å². The summed E-state index contributed by atoms with van der Waals surface area (Å²) in [6, 6.07) is 5.30. The van der Waals surface area contributed by atoms with Gasteiger partial charge in [-0.15, -0.1) is 0 Å². The lowest BCUT2D eigenvalue weighted by molar-refractivity contribution is 0.469. The average Bonchev–Trinajstić information content (AvgIpc) is 2.64. The van der Waals surface area contributed by atoms with Gasteiger partial charge in [0, 0.05) is 12.7 Å². The molecular formula is C10H10BrN3O. The van der Waals surface area contributed by atoms with Gasteiger partial charge in [-0.25, -0.2) is 4.68 Å². The Labute approximate surface area is 95.5 Å². The maximum absolute atomic E-state index is 9.75. The molecule has 2 rings (SSSR count). The standard InChI is InChI=1S/C10H10BrN3O/c11-8-5-13-14(6-8)9-2-1-7(4-12)3-10(9)15/h1-3,5-6,15H,4,12H2. The van der Waals surface area contributed by atoms with E-state index in [0.717, 1.165) is 10.0 Å². The Bertz CT molecular complexity index is 481. The topological polar surface area (TPSA) is 64.1 Å². The summed E-state index contributed by atoms with van der Waals surface area (Å²) in [5.74, 6) is 0.175. The first-order valence-electron chi connectivity index (χ1n) is 4.43. The fraction of sp³-hybridized carbons (Fsp3) is 0.100. The van der Waals surface area contributed by atoms with Crippen molar-refractivity contribution in [1.29, 1.82) is 0 Å². The van der Waals surface area contributed by atoms with Gasteiger partial charge in [-0.2, -0.15) is 5.10 Å². The van der Waals surface area contributed by atoms with Gasteiger partial charge >= 0.3 is 0 Å². The number of rotatable bonds is 2. The molecule has 0 atom stereocenters. The van der Waals surface area contributed by atoms with E-state index >= 15 is 0 Å². The van der Waals surface area contributed by atoms with Crippen LogP contribution in [0.2, 0.25) is 0 Å². The molecule has 1 heterocycles. The third-order valence-electron chi connectivity index (χ3n) is 2.07. The maximum Gasteiger partial charge on any atom is 0.141 e. The number of phenolic OH excluding ortho intramolecular Hbond substituents is 1. The number of hydrogen-bond donors (Lipinski definition) is 2. The van der Waals surface area contributed by atoms with Gasteiger partial charge in [-0.3, -0.25) is 0 Å². The highest BCUT2D eigenvalue weighted by Gasteiger charge is 2.05. The molecule has 0 aliphatic carbocycles. The van der Waals surface area contributed by atoms with Gasteiger partial charge in [0.25, 0.3) is 0 Å². The lowest BCUT2D eigenvalue weighted by atomic mass is 10.2. The van der Waals surface area contributed by atoms with Crippen LogP contribution in [0.4, 0.5) is 0 Å². The lowest BCUT2D eigenvalue weighted by Crippen LogP contribution is -1.99. The van der Waals surface area contributed by atoms with E-state index < -0.39 is 0 Å². The van der Waals surface area contributed by atoms with E-state index in [4.69, 9.17) is 5.73 Å². The first-order valence-corrected chi connectivity index (χ1v) is 5.22. The van der Waals surface area contributed by atoms with Crippen molar-refractivity contribution >= 4 is 15.9 Å². The van der Waals surface area contributed by atoms with E-state index in [1.807, 2.05) is 6.07 Å². The molecule has 1 aromatic heterocycles. The molecule has 0 aliphatic heterocycles. The highest BCUT2D eigenvalue weighted by atomic mass is 79.9. The van der Waals surface area contributed by atoms with Crippen molar-refractivity contribution in [1.82, 2.24) is 9.78 Å². The Balaban J connectivity index is 2.45. The van der Waals surface area contributed by atoms with E-state index in [1.54, 1.807) is 29.2 Å². The average molecular weight is 268 g/mol. The van der Waals surface area contributed by atoms with E-state index in [2.05, 4.69) is 21.0 Å². The molecule has 78 valence electrons. The Hall–Kier alpha value is -1.33. The normalized spacial score (nSPS) is 10.5. The summed E-state index contributed by atoms with van der Waals surface area (Å²) < 4.78 is 2.46. The van der Waals surface area contributed by atoms with Crippen LogP contribution in [0.3, 0.4) is 0 Å². The molecule has 0 spiro atoms. The number of nitrogens with two attached hydrogens (primary N) is 1. The van der Waals surface area contributed by atoms with E-state index in [1.165, 1.54) is 0 Å². The monoisotopic (exact) mass is 267 g/mol. The molecule has 0 unspecified atom stereocenters. The number of hydrogen-bond acceptors (Lipinski definition) is 3. The minimum absolute atomic E-state index is 0.175. The number of nitrogens with zero attached hydrogens (tertiary/aromatic N) is 2. The summed E-state index contributed by atoms with van der Waals surface area (Å²) in [5.41, 5.74) is 7.00. The van der Waals surface area contributed by atoms with Crippen molar-refractivity contribution in [2.45, 2.75) is 6.54 Å². The van der Waals surface area contributed by atoms with Crippen LogP contribution in [0.5, 0.6) is 5.75 Å². The summed E-state index contributed by atoms with van der Waals surface area (Å²) in [7, 11) is 0. The summed E-state index contributed by atoms with van der Waals surface area (Å²) >= 11 is 3.30. The zero-order valence-electron chi connectivity index (χ0n) is 7.89. The molecule has 5 heteroatoms. The Morgan fingerprint density at radius 2 is 2.27 bits per heavy atom. The van der Waals surface area contributed by atoms with Crippen molar-refractivity contribution in [3.8, 4) is 11.4 Å². The van der Waals surface area contributed by atoms with E-state index in [0.29, 0.717) is 12.2 Å². The summed E-state index contributed by atoms with van der Waals surface area (Å²) in [5, 5.41) is 13.8. The van der Waals surface area contributed by atoms with Crippen molar-refractivity contribution in [3.63, 3.8) is 0 Å². The molecule has 0 bridgehead atoms.